The summed E-state index contributed by atoms with van der Waals surface area (Å²) in [6.07, 6.45) is 8.77. The van der Waals surface area contributed by atoms with Gasteiger partial charge in [-0.25, -0.2) is 0 Å². The number of rotatable bonds is 12. The van der Waals surface area contributed by atoms with Crippen LogP contribution in [-0.2, 0) is 9.59 Å². The van der Waals surface area contributed by atoms with Crippen molar-refractivity contribution in [1.82, 2.24) is 0 Å². The lowest BCUT2D eigenvalue weighted by molar-refractivity contribution is -0.138. The van der Waals surface area contributed by atoms with E-state index < -0.39 is 11.9 Å². The van der Waals surface area contributed by atoms with Crippen LogP contribution in [0.15, 0.2) is 0 Å². The van der Waals surface area contributed by atoms with Crippen LogP contribution in [0.1, 0.15) is 51.9 Å². The van der Waals surface area contributed by atoms with E-state index in [-0.39, 0.29) is 20.8 Å². The third-order valence-corrected chi connectivity index (χ3v) is 5.75. The van der Waals surface area contributed by atoms with E-state index in [9.17, 15) is 9.59 Å². The van der Waals surface area contributed by atoms with Gasteiger partial charge in [-0.1, -0.05) is 13.3 Å². The minimum atomic E-state index is -0.712. The van der Waals surface area contributed by atoms with Crippen molar-refractivity contribution in [1.29, 1.82) is 0 Å². The molecular formula is C13H25O4P. The first-order chi connectivity index (χ1) is 8.56. The summed E-state index contributed by atoms with van der Waals surface area (Å²) in [6, 6.07) is 0. The molecule has 0 saturated heterocycles. The largest absolute Gasteiger partial charge is 0.481 e. The van der Waals surface area contributed by atoms with Crippen molar-refractivity contribution in [2.24, 2.45) is 0 Å². The Balaban J connectivity index is 3.64. The molecule has 0 amide bonds. The molecule has 0 spiro atoms. The highest BCUT2D eigenvalue weighted by molar-refractivity contribution is 7.57. The van der Waals surface area contributed by atoms with E-state index in [1.165, 1.54) is 12.6 Å². The Morgan fingerprint density at radius 2 is 1.28 bits per heavy atom. The number of carboxylic acid groups (broad SMARTS) is 2. The molecule has 0 aromatic rings. The number of carbonyl (C=O) groups is 2. The SMILES string of the molecule is CCCP(CCCCC(=O)O)CCCCC(=O)O. The average Bonchev–Trinajstić information content (AvgIpc) is 2.29. The van der Waals surface area contributed by atoms with Crippen molar-refractivity contribution in [2.75, 3.05) is 18.5 Å². The molecular weight excluding hydrogens is 251 g/mol. The molecule has 0 aromatic carbocycles. The summed E-state index contributed by atoms with van der Waals surface area (Å²) in [4.78, 5) is 20.8. The van der Waals surface area contributed by atoms with Gasteiger partial charge in [-0.05, 0) is 44.2 Å². The molecule has 18 heavy (non-hydrogen) atoms. The fraction of sp³-hybridized carbons (Fsp3) is 0.846. The number of hydrogen-bond acceptors (Lipinski definition) is 2. The van der Waals surface area contributed by atoms with E-state index in [1.807, 2.05) is 0 Å². The number of hydrogen-bond donors (Lipinski definition) is 2. The minimum Gasteiger partial charge on any atom is -0.481 e. The van der Waals surface area contributed by atoms with Crippen LogP contribution in [0.2, 0.25) is 0 Å². The Labute approximate surface area is 111 Å². The second-order valence-electron chi connectivity index (χ2n) is 4.54. The first-order valence-electron chi connectivity index (χ1n) is 6.72. The van der Waals surface area contributed by atoms with Crippen LogP contribution < -0.4 is 0 Å². The van der Waals surface area contributed by atoms with Gasteiger partial charge in [0.1, 0.15) is 0 Å². The first-order valence-corrected chi connectivity index (χ1v) is 8.62. The highest BCUT2D eigenvalue weighted by Gasteiger charge is 2.08. The lowest BCUT2D eigenvalue weighted by atomic mass is 10.2. The summed E-state index contributed by atoms with van der Waals surface area (Å²) < 4.78 is 0. The molecule has 0 aliphatic carbocycles. The van der Waals surface area contributed by atoms with Crippen molar-refractivity contribution in [3.05, 3.63) is 0 Å². The maximum absolute atomic E-state index is 10.4. The summed E-state index contributed by atoms with van der Waals surface area (Å²) in [6.45, 7) is 2.17. The van der Waals surface area contributed by atoms with Gasteiger partial charge < -0.3 is 10.2 Å². The predicted molar refractivity (Wildman–Crippen MR) is 74.8 cm³/mol. The molecule has 106 valence electrons. The molecule has 0 aromatic heterocycles. The van der Waals surface area contributed by atoms with E-state index in [2.05, 4.69) is 6.92 Å². The van der Waals surface area contributed by atoms with Crippen LogP contribution in [0.4, 0.5) is 0 Å². The van der Waals surface area contributed by atoms with E-state index in [0.717, 1.165) is 38.0 Å². The number of unbranched alkanes of at least 4 members (excludes halogenated alkanes) is 2. The summed E-state index contributed by atoms with van der Waals surface area (Å²) in [7, 11) is -0.00839. The maximum atomic E-state index is 10.4. The molecule has 0 aliphatic heterocycles. The normalized spacial score (nSPS) is 10.8. The molecule has 0 aliphatic rings. The third-order valence-electron chi connectivity index (χ3n) is 2.77. The van der Waals surface area contributed by atoms with E-state index in [0.29, 0.717) is 0 Å². The molecule has 0 bridgehead atoms. The van der Waals surface area contributed by atoms with Gasteiger partial charge >= 0.3 is 11.9 Å². The smallest absolute Gasteiger partial charge is 0.303 e. The summed E-state index contributed by atoms with van der Waals surface area (Å²) in [5.74, 6) is -1.42. The van der Waals surface area contributed by atoms with Crippen LogP contribution in [0.25, 0.3) is 0 Å². The first kappa shape index (κ1) is 17.4. The summed E-state index contributed by atoms with van der Waals surface area (Å²) >= 11 is 0. The molecule has 0 heterocycles. The monoisotopic (exact) mass is 276 g/mol. The highest BCUT2D eigenvalue weighted by Crippen LogP contribution is 2.38. The Bertz CT molecular complexity index is 221. The molecule has 0 atom stereocenters. The molecule has 2 N–H and O–H groups in total. The standard InChI is InChI=1S/C13H25O4P/c1-2-9-18(10-5-3-7-12(14)15)11-6-4-8-13(16)17/h2-11H2,1H3,(H,14,15)(H,16,17). The Hall–Kier alpha value is -0.630. The second-order valence-corrected chi connectivity index (χ2v) is 7.23. The predicted octanol–water partition coefficient (Wildman–Crippen LogP) is 3.39. The van der Waals surface area contributed by atoms with Gasteiger partial charge in [0.05, 0.1) is 0 Å². The average molecular weight is 276 g/mol. The van der Waals surface area contributed by atoms with Crippen molar-refractivity contribution in [3.8, 4) is 0 Å². The van der Waals surface area contributed by atoms with Gasteiger partial charge in [0.2, 0.25) is 0 Å². The maximum Gasteiger partial charge on any atom is 0.303 e. The fourth-order valence-corrected chi connectivity index (χ4v) is 4.52. The summed E-state index contributed by atoms with van der Waals surface area (Å²) in [5.41, 5.74) is 0. The van der Waals surface area contributed by atoms with Gasteiger partial charge in [0.25, 0.3) is 0 Å². The lowest BCUT2D eigenvalue weighted by Gasteiger charge is -2.16. The molecule has 0 saturated carbocycles. The molecule has 0 radical (unpaired) electrons. The molecule has 4 nitrogen and oxygen atoms in total. The van der Waals surface area contributed by atoms with Crippen molar-refractivity contribution >= 4 is 19.9 Å². The number of carboxylic acids is 2. The topological polar surface area (TPSA) is 74.6 Å². The summed E-state index contributed by atoms with van der Waals surface area (Å²) in [5, 5.41) is 17.1. The van der Waals surface area contributed by atoms with Crippen molar-refractivity contribution < 1.29 is 19.8 Å². The van der Waals surface area contributed by atoms with Crippen LogP contribution >= 0.6 is 7.92 Å². The van der Waals surface area contributed by atoms with Crippen LogP contribution in [0.5, 0.6) is 0 Å². The highest BCUT2D eigenvalue weighted by atomic mass is 31.1. The van der Waals surface area contributed by atoms with Gasteiger partial charge in [-0.3, -0.25) is 9.59 Å². The number of aliphatic carboxylic acids is 2. The van der Waals surface area contributed by atoms with E-state index >= 15 is 0 Å². The van der Waals surface area contributed by atoms with Gasteiger partial charge in [0, 0.05) is 12.8 Å². The fourth-order valence-electron chi connectivity index (χ4n) is 1.87. The van der Waals surface area contributed by atoms with Crippen molar-refractivity contribution in [2.45, 2.75) is 51.9 Å². The Morgan fingerprint density at radius 3 is 1.61 bits per heavy atom. The molecule has 0 fully saturated rings. The van der Waals surface area contributed by atoms with Crippen LogP contribution in [0, 0.1) is 0 Å². The third kappa shape index (κ3) is 11.8. The second kappa shape index (κ2) is 11.5. The van der Waals surface area contributed by atoms with Gasteiger partial charge in [-0.15, -0.1) is 7.92 Å². The molecule has 0 unspecified atom stereocenters. The van der Waals surface area contributed by atoms with Gasteiger partial charge in [-0.2, -0.15) is 0 Å². The minimum absolute atomic E-state index is 0.00839. The zero-order valence-corrected chi connectivity index (χ0v) is 12.1. The lowest BCUT2D eigenvalue weighted by Crippen LogP contribution is -2.00. The van der Waals surface area contributed by atoms with Crippen LogP contribution in [-0.4, -0.2) is 40.6 Å². The quantitative estimate of drug-likeness (QED) is 0.423. The van der Waals surface area contributed by atoms with Gasteiger partial charge in [0.15, 0.2) is 0 Å². The Kier molecular flexibility index (Phi) is 11.1. The zero-order chi connectivity index (χ0) is 13.8. The van der Waals surface area contributed by atoms with E-state index in [1.54, 1.807) is 0 Å². The van der Waals surface area contributed by atoms with Crippen LogP contribution in [0.3, 0.4) is 0 Å². The Morgan fingerprint density at radius 1 is 0.833 bits per heavy atom. The van der Waals surface area contributed by atoms with Crippen molar-refractivity contribution in [3.63, 3.8) is 0 Å². The zero-order valence-electron chi connectivity index (χ0n) is 11.2. The molecule has 0 rings (SSSR count). The van der Waals surface area contributed by atoms with E-state index in [4.69, 9.17) is 10.2 Å². The molecule has 5 heteroatoms.